The lowest BCUT2D eigenvalue weighted by Crippen LogP contribution is -2.40. The second-order valence-electron chi connectivity index (χ2n) is 8.49. The lowest BCUT2D eigenvalue weighted by atomic mass is 9.95. The third kappa shape index (κ3) is 4.94. The number of halogens is 2. The fourth-order valence-corrected chi connectivity index (χ4v) is 6.24. The van der Waals surface area contributed by atoms with Gasteiger partial charge in [0.25, 0.3) is 5.56 Å². The van der Waals surface area contributed by atoms with E-state index in [0.717, 1.165) is 0 Å². The summed E-state index contributed by atoms with van der Waals surface area (Å²) in [4.78, 5) is 32.2. The van der Waals surface area contributed by atoms with Gasteiger partial charge in [-0.25, -0.2) is 9.79 Å². The second-order valence-corrected chi connectivity index (χ2v) is 10.8. The minimum Gasteiger partial charge on any atom is -0.493 e. The molecule has 0 radical (unpaired) electrons. The van der Waals surface area contributed by atoms with E-state index in [4.69, 9.17) is 35.3 Å². The van der Waals surface area contributed by atoms with Crippen molar-refractivity contribution in [3.8, 4) is 23.0 Å². The van der Waals surface area contributed by atoms with Crippen LogP contribution in [0.2, 0.25) is 5.02 Å². The van der Waals surface area contributed by atoms with Crippen LogP contribution in [0.5, 0.6) is 23.0 Å². The van der Waals surface area contributed by atoms with E-state index in [0.29, 0.717) is 65.3 Å². The maximum atomic E-state index is 14.0. The predicted molar refractivity (Wildman–Crippen MR) is 150 cm³/mol. The molecule has 12 heteroatoms. The monoisotopic (exact) mass is 634 g/mol. The predicted octanol–water partition coefficient (Wildman–Crippen LogP) is 4.35. The molecule has 0 fully saturated rings. The van der Waals surface area contributed by atoms with Crippen molar-refractivity contribution in [2.24, 2.45) is 4.99 Å². The number of carbonyl (C=O) groups excluding carboxylic acids is 1. The molecule has 39 heavy (non-hydrogen) atoms. The van der Waals surface area contributed by atoms with Gasteiger partial charge in [-0.05, 0) is 56.2 Å². The molecule has 9 nitrogen and oxygen atoms in total. The Balaban J connectivity index is 1.74. The summed E-state index contributed by atoms with van der Waals surface area (Å²) in [5.74, 6) is 1.52. The van der Waals surface area contributed by atoms with Gasteiger partial charge in [-0.1, -0.05) is 38.9 Å². The van der Waals surface area contributed by atoms with E-state index in [1.165, 1.54) is 23.0 Å². The molecule has 0 spiro atoms. The van der Waals surface area contributed by atoms with E-state index in [2.05, 4.69) is 20.9 Å². The van der Waals surface area contributed by atoms with E-state index in [1.807, 2.05) is 6.92 Å². The standard InChI is InChI=1S/C27H24BrClN2O7S/c1-5-35-20-10-16(28)15(9-18(20)34-4)24-23(26(33)36-6-2)13(3)30-27-31(24)25(32)22(39-27)8-14-7-19-21(11-17(14)29)38-12-37-19/h7-11,24H,5-6,12H2,1-4H3/b22-8+/t24-/m1/s1. The molecule has 0 N–H and O–H groups in total. The normalized spacial score (nSPS) is 16.2. The Labute approximate surface area is 241 Å². The summed E-state index contributed by atoms with van der Waals surface area (Å²) in [6.45, 7) is 6.04. The third-order valence-electron chi connectivity index (χ3n) is 6.17. The summed E-state index contributed by atoms with van der Waals surface area (Å²) in [6, 6.07) is 6.06. The number of fused-ring (bicyclic) bond motifs is 2. The molecular weight excluding hydrogens is 612 g/mol. The minimum atomic E-state index is -0.839. The number of rotatable bonds is 7. The highest BCUT2D eigenvalue weighted by Crippen LogP contribution is 2.41. The molecule has 2 aliphatic rings. The Kier molecular flexibility index (Phi) is 7.75. The fourth-order valence-electron chi connectivity index (χ4n) is 4.46. The average Bonchev–Trinajstić information content (AvgIpc) is 3.47. The Morgan fingerprint density at radius 2 is 1.95 bits per heavy atom. The van der Waals surface area contributed by atoms with Crippen molar-refractivity contribution in [1.29, 1.82) is 0 Å². The topological polar surface area (TPSA) is 97.6 Å². The molecule has 0 amide bonds. The first-order valence-corrected chi connectivity index (χ1v) is 14.0. The largest absolute Gasteiger partial charge is 0.493 e. The SMILES string of the molecule is CCOC(=O)C1=C(C)N=c2s/c(=C/c3cc4c(cc3Cl)OCO4)c(=O)n2[C@@H]1c1cc(OC)c(OCC)cc1Br. The van der Waals surface area contributed by atoms with Gasteiger partial charge in [0.1, 0.15) is 0 Å². The zero-order valence-electron chi connectivity index (χ0n) is 21.5. The number of esters is 1. The van der Waals surface area contributed by atoms with Crippen LogP contribution >= 0.6 is 38.9 Å². The van der Waals surface area contributed by atoms with E-state index >= 15 is 0 Å². The van der Waals surface area contributed by atoms with Crippen molar-refractivity contribution in [3.05, 3.63) is 75.8 Å². The Bertz CT molecular complexity index is 1700. The van der Waals surface area contributed by atoms with Gasteiger partial charge in [0.05, 0.1) is 47.2 Å². The van der Waals surface area contributed by atoms with Crippen molar-refractivity contribution in [1.82, 2.24) is 4.57 Å². The van der Waals surface area contributed by atoms with Crippen LogP contribution in [0.1, 0.15) is 37.9 Å². The number of benzene rings is 2. The summed E-state index contributed by atoms with van der Waals surface area (Å²) < 4.78 is 30.0. The summed E-state index contributed by atoms with van der Waals surface area (Å²) in [5.41, 5.74) is 1.57. The van der Waals surface area contributed by atoms with Crippen LogP contribution in [0.4, 0.5) is 0 Å². The first-order chi connectivity index (χ1) is 18.8. The highest BCUT2D eigenvalue weighted by molar-refractivity contribution is 9.10. The molecule has 5 rings (SSSR count). The molecular formula is C27H24BrClN2O7S. The fraction of sp³-hybridized carbons (Fsp3) is 0.296. The van der Waals surface area contributed by atoms with Gasteiger partial charge < -0.3 is 23.7 Å². The van der Waals surface area contributed by atoms with Gasteiger partial charge in [-0.3, -0.25) is 9.36 Å². The van der Waals surface area contributed by atoms with Crippen LogP contribution in [0.25, 0.3) is 6.08 Å². The minimum absolute atomic E-state index is 0.105. The molecule has 0 unspecified atom stereocenters. The van der Waals surface area contributed by atoms with E-state index < -0.39 is 12.0 Å². The highest BCUT2D eigenvalue weighted by atomic mass is 79.9. The summed E-state index contributed by atoms with van der Waals surface area (Å²) in [7, 11) is 1.53. The zero-order chi connectivity index (χ0) is 27.8. The lowest BCUT2D eigenvalue weighted by molar-refractivity contribution is -0.139. The van der Waals surface area contributed by atoms with Crippen LogP contribution < -0.4 is 33.8 Å². The van der Waals surface area contributed by atoms with Crippen LogP contribution in [0.3, 0.4) is 0 Å². The van der Waals surface area contributed by atoms with Crippen molar-refractivity contribution < 1.29 is 28.5 Å². The van der Waals surface area contributed by atoms with Crippen LogP contribution in [-0.2, 0) is 9.53 Å². The Hall–Kier alpha value is -3.28. The molecule has 204 valence electrons. The zero-order valence-corrected chi connectivity index (χ0v) is 24.7. The Morgan fingerprint density at radius 1 is 1.21 bits per heavy atom. The maximum Gasteiger partial charge on any atom is 0.338 e. The number of aromatic nitrogens is 1. The Morgan fingerprint density at radius 3 is 2.64 bits per heavy atom. The van der Waals surface area contributed by atoms with E-state index in [9.17, 15) is 9.59 Å². The summed E-state index contributed by atoms with van der Waals surface area (Å²) in [5, 5.41) is 0.407. The molecule has 0 aliphatic carbocycles. The van der Waals surface area contributed by atoms with Gasteiger partial charge in [-0.2, -0.15) is 0 Å². The highest BCUT2D eigenvalue weighted by Gasteiger charge is 2.35. The van der Waals surface area contributed by atoms with Crippen molar-refractivity contribution in [2.75, 3.05) is 27.1 Å². The number of ether oxygens (including phenoxy) is 5. The summed E-state index contributed by atoms with van der Waals surface area (Å²) in [6.07, 6.45) is 1.68. The van der Waals surface area contributed by atoms with E-state index in [1.54, 1.807) is 44.2 Å². The second kappa shape index (κ2) is 11.1. The average molecular weight is 636 g/mol. The first kappa shape index (κ1) is 27.3. The van der Waals surface area contributed by atoms with Gasteiger partial charge in [0.15, 0.2) is 27.8 Å². The van der Waals surface area contributed by atoms with Crippen LogP contribution in [0.15, 0.2) is 49.8 Å². The number of allylic oxidation sites excluding steroid dienone is 1. The van der Waals surface area contributed by atoms with Crippen LogP contribution in [0, 0.1) is 0 Å². The van der Waals surface area contributed by atoms with Crippen molar-refractivity contribution in [2.45, 2.75) is 26.8 Å². The molecule has 0 saturated carbocycles. The van der Waals surface area contributed by atoms with Crippen LogP contribution in [-0.4, -0.2) is 37.7 Å². The van der Waals surface area contributed by atoms with Crippen molar-refractivity contribution >= 4 is 50.9 Å². The number of nitrogens with zero attached hydrogens (tertiary/aromatic N) is 2. The lowest BCUT2D eigenvalue weighted by Gasteiger charge is -2.26. The number of hydrogen-bond acceptors (Lipinski definition) is 9. The molecule has 1 aromatic heterocycles. The van der Waals surface area contributed by atoms with Crippen molar-refractivity contribution in [3.63, 3.8) is 0 Å². The number of thiazole rings is 1. The number of hydrogen-bond donors (Lipinski definition) is 0. The molecule has 0 saturated heterocycles. The van der Waals surface area contributed by atoms with Gasteiger partial charge in [0.2, 0.25) is 6.79 Å². The number of methoxy groups -OCH3 is 1. The molecule has 3 heterocycles. The molecule has 2 aromatic carbocycles. The molecule has 0 bridgehead atoms. The van der Waals surface area contributed by atoms with Gasteiger partial charge in [0, 0.05) is 10.5 Å². The maximum absolute atomic E-state index is 14.0. The molecule has 1 atom stereocenters. The van der Waals surface area contributed by atoms with Gasteiger partial charge in [-0.15, -0.1) is 0 Å². The quantitative estimate of drug-likeness (QED) is 0.356. The third-order valence-corrected chi connectivity index (χ3v) is 8.17. The van der Waals surface area contributed by atoms with Gasteiger partial charge >= 0.3 is 5.97 Å². The molecule has 3 aromatic rings. The smallest absolute Gasteiger partial charge is 0.338 e. The first-order valence-electron chi connectivity index (χ1n) is 12.1. The molecule has 2 aliphatic heterocycles. The summed E-state index contributed by atoms with van der Waals surface area (Å²) >= 11 is 11.3. The van der Waals surface area contributed by atoms with E-state index in [-0.39, 0.29) is 24.5 Å². The number of carbonyl (C=O) groups is 1.